The number of amides is 1. The van der Waals surface area contributed by atoms with Gasteiger partial charge in [-0.1, -0.05) is 18.2 Å². The molecule has 7 heteroatoms. The molecule has 0 saturated carbocycles. The molecule has 0 bridgehead atoms. The number of ether oxygens (including phenoxy) is 2. The zero-order valence-corrected chi connectivity index (χ0v) is 13.4. The van der Waals surface area contributed by atoms with E-state index in [4.69, 9.17) is 9.47 Å². The summed E-state index contributed by atoms with van der Waals surface area (Å²) in [6.07, 6.45) is -0.713. The number of nitro benzene ring substituents is 1. The Balaban J connectivity index is 1.92. The van der Waals surface area contributed by atoms with Gasteiger partial charge in [0, 0.05) is 17.8 Å². The van der Waals surface area contributed by atoms with E-state index in [-0.39, 0.29) is 18.2 Å². The highest BCUT2D eigenvalue weighted by Gasteiger charge is 2.15. The van der Waals surface area contributed by atoms with Crippen molar-refractivity contribution < 1.29 is 19.2 Å². The molecule has 2 aromatic rings. The summed E-state index contributed by atoms with van der Waals surface area (Å²) in [4.78, 5) is 22.3. The second kappa shape index (κ2) is 8.07. The lowest BCUT2D eigenvalue weighted by molar-refractivity contribution is -0.384. The summed E-state index contributed by atoms with van der Waals surface area (Å²) in [5, 5.41) is 13.3. The summed E-state index contributed by atoms with van der Waals surface area (Å²) in [6.45, 7) is 1.87. The Hall–Kier alpha value is -2.93. The van der Waals surface area contributed by atoms with Gasteiger partial charge in [0.15, 0.2) is 0 Å². The maximum atomic E-state index is 12.1. The third-order valence-corrected chi connectivity index (χ3v) is 3.33. The van der Waals surface area contributed by atoms with Gasteiger partial charge in [0.25, 0.3) is 11.6 Å². The number of nitrogens with zero attached hydrogens (tertiary/aromatic N) is 1. The molecule has 1 amide bonds. The third kappa shape index (κ3) is 4.79. The molecule has 1 unspecified atom stereocenters. The Morgan fingerprint density at radius 2 is 2.00 bits per heavy atom. The van der Waals surface area contributed by atoms with Crippen LogP contribution in [0.1, 0.15) is 12.5 Å². The van der Waals surface area contributed by atoms with E-state index in [1.807, 2.05) is 24.3 Å². The fraction of sp³-hybridized carbons (Fsp3) is 0.235. The molecular weight excluding hydrogens is 312 g/mol. The van der Waals surface area contributed by atoms with Gasteiger partial charge in [0.1, 0.15) is 11.9 Å². The lowest BCUT2D eigenvalue weighted by atomic mass is 10.2. The van der Waals surface area contributed by atoms with Crippen molar-refractivity contribution in [1.29, 1.82) is 0 Å². The number of benzene rings is 2. The van der Waals surface area contributed by atoms with Crippen molar-refractivity contribution in [1.82, 2.24) is 0 Å². The first-order valence-electron chi connectivity index (χ1n) is 7.29. The maximum absolute atomic E-state index is 12.1. The van der Waals surface area contributed by atoms with E-state index in [0.717, 1.165) is 5.56 Å². The number of non-ortho nitro benzene ring substituents is 1. The van der Waals surface area contributed by atoms with Gasteiger partial charge in [-0.15, -0.1) is 0 Å². The van der Waals surface area contributed by atoms with Crippen LogP contribution in [0.2, 0.25) is 0 Å². The fourth-order valence-corrected chi connectivity index (χ4v) is 2.00. The topological polar surface area (TPSA) is 90.7 Å². The van der Waals surface area contributed by atoms with Crippen LogP contribution in [0.3, 0.4) is 0 Å². The van der Waals surface area contributed by atoms with Crippen molar-refractivity contribution >= 4 is 17.3 Å². The van der Waals surface area contributed by atoms with Crippen LogP contribution >= 0.6 is 0 Å². The minimum Gasteiger partial charge on any atom is -0.497 e. The number of nitro groups is 1. The molecule has 0 heterocycles. The molecule has 0 aliphatic heterocycles. The van der Waals surface area contributed by atoms with E-state index in [0.29, 0.717) is 11.4 Å². The molecule has 2 aromatic carbocycles. The fourth-order valence-electron chi connectivity index (χ4n) is 2.00. The summed E-state index contributed by atoms with van der Waals surface area (Å²) in [5.41, 5.74) is 1.15. The maximum Gasteiger partial charge on any atom is 0.271 e. The average Bonchev–Trinajstić information content (AvgIpc) is 2.60. The van der Waals surface area contributed by atoms with E-state index in [1.165, 1.54) is 18.2 Å². The van der Waals surface area contributed by atoms with E-state index in [1.54, 1.807) is 20.1 Å². The molecule has 2 rings (SSSR count). The Labute approximate surface area is 139 Å². The largest absolute Gasteiger partial charge is 0.497 e. The standard InChI is InChI=1S/C17H18N2O5/c1-12(24-11-13-5-3-8-16(9-13)23-2)17(20)18-14-6-4-7-15(10-14)19(21)22/h3-10,12H,11H2,1-2H3,(H,18,20). The quantitative estimate of drug-likeness (QED) is 0.622. The molecule has 126 valence electrons. The van der Waals surface area contributed by atoms with Crippen molar-refractivity contribution in [2.45, 2.75) is 19.6 Å². The van der Waals surface area contributed by atoms with Crippen molar-refractivity contribution in [3.05, 3.63) is 64.2 Å². The van der Waals surface area contributed by atoms with Crippen LogP contribution in [0, 0.1) is 10.1 Å². The van der Waals surface area contributed by atoms with E-state index < -0.39 is 11.0 Å². The summed E-state index contributed by atoms with van der Waals surface area (Å²) in [7, 11) is 1.58. The molecule has 0 fully saturated rings. The van der Waals surface area contributed by atoms with Crippen LogP contribution in [0.4, 0.5) is 11.4 Å². The Morgan fingerprint density at radius 3 is 2.71 bits per heavy atom. The zero-order chi connectivity index (χ0) is 17.5. The molecule has 0 radical (unpaired) electrons. The van der Waals surface area contributed by atoms with Gasteiger partial charge in [-0.2, -0.15) is 0 Å². The second-order valence-corrected chi connectivity index (χ2v) is 5.10. The highest BCUT2D eigenvalue weighted by atomic mass is 16.6. The van der Waals surface area contributed by atoms with Crippen molar-refractivity contribution in [2.75, 3.05) is 12.4 Å². The number of methoxy groups -OCH3 is 1. The van der Waals surface area contributed by atoms with Gasteiger partial charge in [0.05, 0.1) is 18.6 Å². The molecule has 0 aliphatic carbocycles. The monoisotopic (exact) mass is 330 g/mol. The summed E-state index contributed by atoms with van der Waals surface area (Å²) in [6, 6.07) is 13.1. The van der Waals surface area contributed by atoms with Crippen LogP contribution in [-0.4, -0.2) is 24.0 Å². The smallest absolute Gasteiger partial charge is 0.271 e. The molecule has 0 aromatic heterocycles. The predicted octanol–water partition coefficient (Wildman–Crippen LogP) is 3.15. The van der Waals surface area contributed by atoms with E-state index in [2.05, 4.69) is 5.32 Å². The molecule has 0 saturated heterocycles. The third-order valence-electron chi connectivity index (χ3n) is 3.33. The Morgan fingerprint density at radius 1 is 1.25 bits per heavy atom. The number of rotatable bonds is 7. The van der Waals surface area contributed by atoms with Gasteiger partial charge < -0.3 is 14.8 Å². The number of hydrogen-bond acceptors (Lipinski definition) is 5. The van der Waals surface area contributed by atoms with Crippen molar-refractivity contribution in [2.24, 2.45) is 0 Å². The Kier molecular flexibility index (Phi) is 5.86. The Bertz CT molecular complexity index is 732. The molecular formula is C17H18N2O5. The minimum absolute atomic E-state index is 0.0854. The molecule has 0 spiro atoms. The van der Waals surface area contributed by atoms with Crippen LogP contribution in [0.5, 0.6) is 5.75 Å². The van der Waals surface area contributed by atoms with Gasteiger partial charge in [-0.05, 0) is 30.7 Å². The molecule has 1 N–H and O–H groups in total. The lowest BCUT2D eigenvalue weighted by Crippen LogP contribution is -2.27. The first kappa shape index (κ1) is 17.4. The first-order chi connectivity index (χ1) is 11.5. The average molecular weight is 330 g/mol. The van der Waals surface area contributed by atoms with Crippen molar-refractivity contribution in [3.8, 4) is 5.75 Å². The number of nitrogens with one attached hydrogen (secondary N) is 1. The molecule has 7 nitrogen and oxygen atoms in total. The van der Waals surface area contributed by atoms with Gasteiger partial charge in [-0.25, -0.2) is 0 Å². The summed E-state index contributed by atoms with van der Waals surface area (Å²) < 4.78 is 10.7. The number of carbonyl (C=O) groups is 1. The van der Waals surface area contributed by atoms with Crippen molar-refractivity contribution in [3.63, 3.8) is 0 Å². The van der Waals surface area contributed by atoms with Crippen LogP contribution < -0.4 is 10.1 Å². The minimum atomic E-state index is -0.713. The van der Waals surface area contributed by atoms with E-state index >= 15 is 0 Å². The van der Waals surface area contributed by atoms with E-state index in [9.17, 15) is 14.9 Å². The zero-order valence-electron chi connectivity index (χ0n) is 13.4. The second-order valence-electron chi connectivity index (χ2n) is 5.10. The SMILES string of the molecule is COc1cccc(COC(C)C(=O)Nc2cccc([N+](=O)[O-])c2)c1. The summed E-state index contributed by atoms with van der Waals surface area (Å²) >= 11 is 0. The number of hydrogen-bond donors (Lipinski definition) is 1. The van der Waals surface area contributed by atoms with Crippen LogP contribution in [0.15, 0.2) is 48.5 Å². The lowest BCUT2D eigenvalue weighted by Gasteiger charge is -2.14. The normalized spacial score (nSPS) is 11.6. The molecule has 24 heavy (non-hydrogen) atoms. The van der Waals surface area contributed by atoms with Gasteiger partial charge >= 0.3 is 0 Å². The predicted molar refractivity (Wildman–Crippen MR) is 89.0 cm³/mol. The summed E-state index contributed by atoms with van der Waals surface area (Å²) in [5.74, 6) is 0.336. The van der Waals surface area contributed by atoms with Crippen LogP contribution in [0.25, 0.3) is 0 Å². The highest BCUT2D eigenvalue weighted by molar-refractivity contribution is 5.94. The molecule has 0 aliphatic rings. The van der Waals surface area contributed by atoms with Crippen LogP contribution in [-0.2, 0) is 16.1 Å². The first-order valence-corrected chi connectivity index (χ1v) is 7.29. The molecule has 1 atom stereocenters. The highest BCUT2D eigenvalue weighted by Crippen LogP contribution is 2.18. The van der Waals surface area contributed by atoms with Gasteiger partial charge in [0.2, 0.25) is 0 Å². The van der Waals surface area contributed by atoms with Gasteiger partial charge in [-0.3, -0.25) is 14.9 Å². The number of carbonyl (C=O) groups excluding carboxylic acids is 1. The number of anilines is 1.